The number of ether oxygens (including phenoxy) is 1. The molecule has 0 fully saturated rings. The molecular formula is C15H17NO. The van der Waals surface area contributed by atoms with Crippen LogP contribution >= 0.6 is 0 Å². The van der Waals surface area contributed by atoms with Gasteiger partial charge >= 0.3 is 0 Å². The topological polar surface area (TPSA) is 35.2 Å². The molecule has 17 heavy (non-hydrogen) atoms. The molecule has 2 aromatic carbocycles. The number of aryl methyl sites for hydroxylation is 1. The van der Waals surface area contributed by atoms with Gasteiger partial charge in [0.15, 0.2) is 0 Å². The zero-order chi connectivity index (χ0) is 12.3. The maximum absolute atomic E-state index is 5.77. The predicted molar refractivity (Wildman–Crippen MR) is 71.1 cm³/mol. The van der Waals surface area contributed by atoms with Gasteiger partial charge in [-0.1, -0.05) is 30.3 Å². The van der Waals surface area contributed by atoms with Crippen molar-refractivity contribution >= 4 is 0 Å². The van der Waals surface area contributed by atoms with Crippen molar-refractivity contribution < 1.29 is 4.74 Å². The molecule has 0 saturated heterocycles. The van der Waals surface area contributed by atoms with Gasteiger partial charge in [0, 0.05) is 6.54 Å². The summed E-state index contributed by atoms with van der Waals surface area (Å²) < 4.78 is 5.22. The predicted octanol–water partition coefficient (Wildman–Crippen LogP) is 3.13. The molecule has 0 unspecified atom stereocenters. The highest BCUT2D eigenvalue weighted by atomic mass is 16.5. The molecule has 0 spiro atoms. The molecule has 2 heteroatoms. The fraction of sp³-hybridized carbons (Fsp3) is 0.200. The summed E-state index contributed by atoms with van der Waals surface area (Å²) in [6.07, 6.45) is 0. The Labute approximate surface area is 102 Å². The number of rotatable bonds is 3. The second kappa shape index (κ2) is 5.02. The van der Waals surface area contributed by atoms with Crippen LogP contribution in [-0.2, 0) is 6.54 Å². The van der Waals surface area contributed by atoms with Gasteiger partial charge in [0.1, 0.15) is 5.75 Å². The van der Waals surface area contributed by atoms with Crippen molar-refractivity contribution in [2.24, 2.45) is 5.73 Å². The highest BCUT2D eigenvalue weighted by Crippen LogP contribution is 2.29. The molecule has 0 saturated carbocycles. The maximum Gasteiger partial charge on any atom is 0.119 e. The zero-order valence-corrected chi connectivity index (χ0v) is 10.2. The van der Waals surface area contributed by atoms with Crippen molar-refractivity contribution in [1.29, 1.82) is 0 Å². The van der Waals surface area contributed by atoms with Crippen molar-refractivity contribution in [3.63, 3.8) is 0 Å². The third kappa shape index (κ3) is 2.32. The Bertz CT molecular complexity index is 520. The summed E-state index contributed by atoms with van der Waals surface area (Å²) in [6, 6.07) is 14.3. The molecule has 0 aromatic heterocycles. The lowest BCUT2D eigenvalue weighted by Crippen LogP contribution is -1.99. The van der Waals surface area contributed by atoms with E-state index in [4.69, 9.17) is 10.5 Å². The first-order valence-electron chi connectivity index (χ1n) is 5.69. The van der Waals surface area contributed by atoms with E-state index in [1.165, 1.54) is 22.3 Å². The quantitative estimate of drug-likeness (QED) is 0.874. The molecule has 2 nitrogen and oxygen atoms in total. The summed E-state index contributed by atoms with van der Waals surface area (Å²) in [4.78, 5) is 0. The number of hydrogen-bond acceptors (Lipinski definition) is 2. The van der Waals surface area contributed by atoms with Crippen LogP contribution < -0.4 is 10.5 Å². The Morgan fingerprint density at radius 1 is 1.06 bits per heavy atom. The Balaban J connectivity index is 2.53. The summed E-state index contributed by atoms with van der Waals surface area (Å²) in [5.74, 6) is 0.886. The number of benzene rings is 2. The molecule has 2 aromatic rings. The average molecular weight is 227 g/mol. The first-order valence-corrected chi connectivity index (χ1v) is 5.69. The van der Waals surface area contributed by atoms with Crippen LogP contribution in [0.4, 0.5) is 0 Å². The van der Waals surface area contributed by atoms with E-state index in [0.29, 0.717) is 6.54 Å². The molecule has 0 bridgehead atoms. The van der Waals surface area contributed by atoms with Crippen LogP contribution in [0.25, 0.3) is 11.1 Å². The summed E-state index contributed by atoms with van der Waals surface area (Å²) in [6.45, 7) is 2.65. The Morgan fingerprint density at radius 3 is 2.47 bits per heavy atom. The Morgan fingerprint density at radius 2 is 1.82 bits per heavy atom. The van der Waals surface area contributed by atoms with Crippen LogP contribution in [0, 0.1) is 6.92 Å². The average Bonchev–Trinajstić information content (AvgIpc) is 2.38. The highest BCUT2D eigenvalue weighted by Gasteiger charge is 2.06. The molecule has 0 amide bonds. The van der Waals surface area contributed by atoms with Crippen LogP contribution in [-0.4, -0.2) is 7.11 Å². The molecule has 0 heterocycles. The standard InChI is InChI=1S/C15H17NO/c1-11-9-13(17-2)7-8-14(11)15-6-4-3-5-12(15)10-16/h3-9H,10,16H2,1-2H3. The van der Waals surface area contributed by atoms with Crippen LogP contribution in [0.1, 0.15) is 11.1 Å². The summed E-state index contributed by atoms with van der Waals surface area (Å²) in [5.41, 5.74) is 10.6. The third-order valence-electron chi connectivity index (χ3n) is 2.96. The van der Waals surface area contributed by atoms with Gasteiger partial charge in [-0.3, -0.25) is 0 Å². The number of nitrogens with two attached hydrogens (primary N) is 1. The van der Waals surface area contributed by atoms with Crippen molar-refractivity contribution in [3.05, 3.63) is 53.6 Å². The van der Waals surface area contributed by atoms with Crippen molar-refractivity contribution in [2.45, 2.75) is 13.5 Å². The lowest BCUT2D eigenvalue weighted by atomic mass is 9.96. The van der Waals surface area contributed by atoms with Gasteiger partial charge in [0.05, 0.1) is 7.11 Å². The van der Waals surface area contributed by atoms with E-state index in [-0.39, 0.29) is 0 Å². The van der Waals surface area contributed by atoms with E-state index in [2.05, 4.69) is 25.1 Å². The molecule has 0 aliphatic carbocycles. The summed E-state index contributed by atoms with van der Waals surface area (Å²) in [7, 11) is 1.68. The molecular weight excluding hydrogens is 210 g/mol. The van der Waals surface area contributed by atoms with E-state index in [9.17, 15) is 0 Å². The largest absolute Gasteiger partial charge is 0.497 e. The lowest BCUT2D eigenvalue weighted by Gasteiger charge is -2.11. The second-order valence-corrected chi connectivity index (χ2v) is 4.04. The van der Waals surface area contributed by atoms with E-state index in [0.717, 1.165) is 5.75 Å². The molecule has 0 aliphatic rings. The summed E-state index contributed by atoms with van der Waals surface area (Å²) in [5, 5.41) is 0. The minimum Gasteiger partial charge on any atom is -0.497 e. The molecule has 0 atom stereocenters. The second-order valence-electron chi connectivity index (χ2n) is 4.04. The van der Waals surface area contributed by atoms with Crippen LogP contribution in [0.15, 0.2) is 42.5 Å². The van der Waals surface area contributed by atoms with Gasteiger partial charge in [-0.15, -0.1) is 0 Å². The van der Waals surface area contributed by atoms with E-state index < -0.39 is 0 Å². The smallest absolute Gasteiger partial charge is 0.119 e. The molecule has 88 valence electrons. The first kappa shape index (κ1) is 11.7. The SMILES string of the molecule is COc1ccc(-c2ccccc2CN)c(C)c1. The monoisotopic (exact) mass is 227 g/mol. The molecule has 0 radical (unpaired) electrons. The maximum atomic E-state index is 5.77. The fourth-order valence-corrected chi connectivity index (χ4v) is 2.03. The van der Waals surface area contributed by atoms with Crippen molar-refractivity contribution in [3.8, 4) is 16.9 Å². The van der Waals surface area contributed by atoms with E-state index in [1.54, 1.807) is 7.11 Å². The van der Waals surface area contributed by atoms with Crippen LogP contribution in [0.5, 0.6) is 5.75 Å². The number of methoxy groups -OCH3 is 1. The third-order valence-corrected chi connectivity index (χ3v) is 2.96. The molecule has 0 aliphatic heterocycles. The fourth-order valence-electron chi connectivity index (χ4n) is 2.03. The van der Waals surface area contributed by atoms with Crippen molar-refractivity contribution in [1.82, 2.24) is 0 Å². The molecule has 2 rings (SSSR count). The van der Waals surface area contributed by atoms with Crippen LogP contribution in [0.2, 0.25) is 0 Å². The number of hydrogen-bond donors (Lipinski definition) is 1. The van der Waals surface area contributed by atoms with Crippen LogP contribution in [0.3, 0.4) is 0 Å². The minimum absolute atomic E-state index is 0.557. The van der Waals surface area contributed by atoms with E-state index in [1.807, 2.05) is 24.3 Å². The first-order chi connectivity index (χ1) is 8.26. The Hall–Kier alpha value is -1.80. The molecule has 2 N–H and O–H groups in total. The highest BCUT2D eigenvalue weighted by molar-refractivity contribution is 5.71. The van der Waals surface area contributed by atoms with Gasteiger partial charge in [-0.2, -0.15) is 0 Å². The van der Waals surface area contributed by atoms with Crippen molar-refractivity contribution in [2.75, 3.05) is 7.11 Å². The normalized spacial score (nSPS) is 10.3. The van der Waals surface area contributed by atoms with Gasteiger partial charge in [-0.25, -0.2) is 0 Å². The minimum atomic E-state index is 0.557. The summed E-state index contributed by atoms with van der Waals surface area (Å²) >= 11 is 0. The zero-order valence-electron chi connectivity index (χ0n) is 10.2. The Kier molecular flexibility index (Phi) is 3.45. The van der Waals surface area contributed by atoms with Gasteiger partial charge in [0.25, 0.3) is 0 Å². The van der Waals surface area contributed by atoms with Gasteiger partial charge in [0.2, 0.25) is 0 Å². The lowest BCUT2D eigenvalue weighted by molar-refractivity contribution is 0.414. The van der Waals surface area contributed by atoms with Gasteiger partial charge < -0.3 is 10.5 Å². The van der Waals surface area contributed by atoms with E-state index >= 15 is 0 Å². The van der Waals surface area contributed by atoms with Gasteiger partial charge in [-0.05, 0) is 41.3 Å².